The maximum absolute atomic E-state index is 13.3. The van der Waals surface area contributed by atoms with Crippen LogP contribution < -0.4 is 9.47 Å². The van der Waals surface area contributed by atoms with Crippen LogP contribution >= 0.6 is 15.9 Å². The molecule has 2 aromatic rings. The fraction of sp³-hybridized carbons (Fsp3) is 0.353. The number of hydrogen-bond donors (Lipinski definition) is 0. The average molecular weight is 445 g/mol. The molecular formula is C17H21BrN2O5S. The van der Waals surface area contributed by atoms with Crippen LogP contribution in [0.5, 0.6) is 11.5 Å². The minimum atomic E-state index is -3.82. The van der Waals surface area contributed by atoms with Crippen molar-refractivity contribution in [3.63, 3.8) is 0 Å². The number of ether oxygens (including phenoxy) is 3. The molecule has 0 saturated carbocycles. The molecule has 0 saturated heterocycles. The fourth-order valence-corrected chi connectivity index (χ4v) is 4.75. The summed E-state index contributed by atoms with van der Waals surface area (Å²) in [6, 6.07) is 6.61. The van der Waals surface area contributed by atoms with Gasteiger partial charge in [-0.3, -0.25) is 4.98 Å². The van der Waals surface area contributed by atoms with Crippen molar-refractivity contribution in [1.29, 1.82) is 0 Å². The topological polar surface area (TPSA) is 78.0 Å². The quantitative estimate of drug-likeness (QED) is 0.591. The standard InChI is InChI=1S/C17H21BrN2O5S/c1-23-8-7-20(12-13-5-4-6-19-11-13)26(21,22)17-10-16(25-3)15(24-2)9-14(17)18/h4-6,9-11H,7-8,12H2,1-3H3. The number of pyridine rings is 1. The molecule has 26 heavy (non-hydrogen) atoms. The molecule has 0 aliphatic carbocycles. The first-order chi connectivity index (χ1) is 12.4. The van der Waals surface area contributed by atoms with Crippen molar-refractivity contribution in [3.05, 3.63) is 46.7 Å². The second-order valence-electron chi connectivity index (χ2n) is 5.33. The Morgan fingerprint density at radius 3 is 2.42 bits per heavy atom. The van der Waals surface area contributed by atoms with Crippen LogP contribution in [0.3, 0.4) is 0 Å². The monoisotopic (exact) mass is 444 g/mol. The van der Waals surface area contributed by atoms with Crippen LogP contribution in [0.1, 0.15) is 5.56 Å². The lowest BCUT2D eigenvalue weighted by Crippen LogP contribution is -2.33. The molecule has 1 aromatic heterocycles. The van der Waals surface area contributed by atoms with Gasteiger partial charge >= 0.3 is 0 Å². The first-order valence-corrected chi connectivity index (χ1v) is 9.96. The van der Waals surface area contributed by atoms with Gasteiger partial charge in [-0.05, 0) is 33.6 Å². The molecule has 0 radical (unpaired) electrons. The second-order valence-corrected chi connectivity index (χ2v) is 8.09. The molecule has 0 unspecified atom stereocenters. The van der Waals surface area contributed by atoms with Crippen LogP contribution in [0.2, 0.25) is 0 Å². The number of halogens is 1. The summed E-state index contributed by atoms with van der Waals surface area (Å²) in [6.07, 6.45) is 3.28. The van der Waals surface area contributed by atoms with Crippen LogP contribution in [-0.2, 0) is 21.3 Å². The van der Waals surface area contributed by atoms with Crippen LogP contribution in [-0.4, -0.2) is 52.2 Å². The highest BCUT2D eigenvalue weighted by molar-refractivity contribution is 9.10. The van der Waals surface area contributed by atoms with Crippen molar-refractivity contribution in [2.24, 2.45) is 0 Å². The highest BCUT2D eigenvalue weighted by Crippen LogP contribution is 2.36. The van der Waals surface area contributed by atoms with Gasteiger partial charge in [-0.1, -0.05) is 6.07 Å². The predicted octanol–water partition coefficient (Wildman–Crippen LogP) is 2.70. The summed E-state index contributed by atoms with van der Waals surface area (Å²) in [6.45, 7) is 0.652. The van der Waals surface area contributed by atoms with Gasteiger partial charge in [-0.25, -0.2) is 8.42 Å². The van der Waals surface area contributed by atoms with Gasteiger partial charge in [-0.15, -0.1) is 0 Å². The van der Waals surface area contributed by atoms with E-state index in [0.29, 0.717) is 16.0 Å². The van der Waals surface area contributed by atoms with E-state index >= 15 is 0 Å². The van der Waals surface area contributed by atoms with E-state index in [1.54, 1.807) is 24.5 Å². The van der Waals surface area contributed by atoms with Gasteiger partial charge < -0.3 is 14.2 Å². The lowest BCUT2D eigenvalue weighted by Gasteiger charge is -2.23. The number of methoxy groups -OCH3 is 3. The Morgan fingerprint density at radius 2 is 1.85 bits per heavy atom. The normalized spacial score (nSPS) is 11.6. The van der Waals surface area contributed by atoms with Crippen LogP contribution in [0, 0.1) is 0 Å². The van der Waals surface area contributed by atoms with Crippen molar-refractivity contribution in [2.75, 3.05) is 34.5 Å². The molecule has 7 nitrogen and oxygen atoms in total. The maximum atomic E-state index is 13.3. The van der Waals surface area contributed by atoms with Crippen molar-refractivity contribution >= 4 is 26.0 Å². The second kappa shape index (κ2) is 9.31. The van der Waals surface area contributed by atoms with Gasteiger partial charge in [0.2, 0.25) is 10.0 Å². The van der Waals surface area contributed by atoms with Gasteiger partial charge in [0.05, 0.1) is 20.8 Å². The lowest BCUT2D eigenvalue weighted by atomic mass is 10.3. The molecule has 0 bridgehead atoms. The molecule has 1 aromatic carbocycles. The van der Waals surface area contributed by atoms with E-state index < -0.39 is 10.0 Å². The van der Waals surface area contributed by atoms with E-state index in [4.69, 9.17) is 14.2 Å². The van der Waals surface area contributed by atoms with Crippen molar-refractivity contribution in [3.8, 4) is 11.5 Å². The molecule has 0 spiro atoms. The smallest absolute Gasteiger partial charge is 0.244 e. The summed E-state index contributed by atoms with van der Waals surface area (Å²) >= 11 is 3.32. The molecule has 9 heteroatoms. The third-order valence-electron chi connectivity index (χ3n) is 3.68. The number of hydrogen-bond acceptors (Lipinski definition) is 6. The highest BCUT2D eigenvalue weighted by Gasteiger charge is 2.28. The summed E-state index contributed by atoms with van der Waals surface area (Å²) in [4.78, 5) is 4.13. The van der Waals surface area contributed by atoms with Gasteiger partial charge in [0.15, 0.2) is 11.5 Å². The molecule has 0 N–H and O–H groups in total. The molecule has 0 amide bonds. The van der Waals surface area contributed by atoms with Crippen molar-refractivity contribution in [2.45, 2.75) is 11.4 Å². The zero-order chi connectivity index (χ0) is 19.2. The Balaban J connectivity index is 2.45. The summed E-state index contributed by atoms with van der Waals surface area (Å²) < 4.78 is 43.8. The van der Waals surface area contributed by atoms with Gasteiger partial charge in [-0.2, -0.15) is 4.31 Å². The molecule has 142 valence electrons. The van der Waals surface area contributed by atoms with E-state index in [1.165, 1.54) is 31.7 Å². The minimum absolute atomic E-state index is 0.0927. The SMILES string of the molecule is COCCN(Cc1cccnc1)S(=O)(=O)c1cc(OC)c(OC)cc1Br. The first kappa shape index (κ1) is 20.6. The summed E-state index contributed by atoms with van der Waals surface area (Å²) in [5.74, 6) is 0.774. The fourth-order valence-electron chi connectivity index (χ4n) is 2.34. The zero-order valence-corrected chi connectivity index (χ0v) is 17.2. The highest BCUT2D eigenvalue weighted by atomic mass is 79.9. The van der Waals surface area contributed by atoms with E-state index in [1.807, 2.05) is 6.07 Å². The first-order valence-electron chi connectivity index (χ1n) is 7.73. The molecule has 0 aliphatic heterocycles. The Kier molecular flexibility index (Phi) is 7.39. The number of sulfonamides is 1. The van der Waals surface area contributed by atoms with Crippen LogP contribution in [0.25, 0.3) is 0 Å². The minimum Gasteiger partial charge on any atom is -0.493 e. The zero-order valence-electron chi connectivity index (χ0n) is 14.8. The van der Waals surface area contributed by atoms with Crippen molar-refractivity contribution in [1.82, 2.24) is 9.29 Å². The Bertz CT molecular complexity index is 831. The number of benzene rings is 1. The molecular weight excluding hydrogens is 424 g/mol. The number of aromatic nitrogens is 1. The van der Waals surface area contributed by atoms with Gasteiger partial charge in [0.25, 0.3) is 0 Å². The Morgan fingerprint density at radius 1 is 1.15 bits per heavy atom. The average Bonchev–Trinajstić information content (AvgIpc) is 2.65. The van der Waals surface area contributed by atoms with Crippen LogP contribution in [0.4, 0.5) is 0 Å². The van der Waals surface area contributed by atoms with Gasteiger partial charge in [0.1, 0.15) is 4.90 Å². The molecule has 2 rings (SSSR count). The Labute approximate surface area is 162 Å². The number of rotatable bonds is 9. The summed E-state index contributed by atoms with van der Waals surface area (Å²) in [7, 11) is 0.663. The molecule has 0 aliphatic rings. The number of nitrogens with zero attached hydrogens (tertiary/aromatic N) is 2. The summed E-state index contributed by atoms with van der Waals surface area (Å²) in [5.41, 5.74) is 0.781. The maximum Gasteiger partial charge on any atom is 0.244 e. The predicted molar refractivity (Wildman–Crippen MR) is 101 cm³/mol. The van der Waals surface area contributed by atoms with E-state index in [9.17, 15) is 8.42 Å². The molecule has 0 fully saturated rings. The van der Waals surface area contributed by atoms with E-state index in [0.717, 1.165) is 5.56 Å². The molecule has 1 heterocycles. The summed E-state index contributed by atoms with van der Waals surface area (Å²) in [5, 5.41) is 0. The third-order valence-corrected chi connectivity index (χ3v) is 6.49. The van der Waals surface area contributed by atoms with Gasteiger partial charge in [0, 0.05) is 43.1 Å². The van der Waals surface area contributed by atoms with Crippen molar-refractivity contribution < 1.29 is 22.6 Å². The van der Waals surface area contributed by atoms with E-state index in [-0.39, 0.29) is 24.6 Å². The van der Waals surface area contributed by atoms with Crippen LogP contribution in [0.15, 0.2) is 46.0 Å². The Hall–Kier alpha value is -1.68. The van der Waals surface area contributed by atoms with E-state index in [2.05, 4.69) is 20.9 Å². The lowest BCUT2D eigenvalue weighted by molar-refractivity contribution is 0.177. The third kappa shape index (κ3) is 4.73. The molecule has 0 atom stereocenters. The largest absolute Gasteiger partial charge is 0.493 e.